The number of rotatable bonds is 4. The Morgan fingerprint density at radius 1 is 1.20 bits per heavy atom. The molecule has 0 radical (unpaired) electrons. The predicted octanol–water partition coefficient (Wildman–Crippen LogP) is 3.10. The standard InChI is InChI=1S/C13H22O2/c1-15-13(8-4-5-9-13)12(14)10-11-6-2-3-7-11/h11H,2-10H2,1H3. The van der Waals surface area contributed by atoms with E-state index in [4.69, 9.17) is 4.74 Å². The molecule has 86 valence electrons. The Hall–Kier alpha value is -0.370. The number of hydrogen-bond acceptors (Lipinski definition) is 2. The van der Waals surface area contributed by atoms with E-state index in [0.717, 1.165) is 32.1 Å². The first-order chi connectivity index (χ1) is 7.27. The fourth-order valence-corrected chi connectivity index (χ4v) is 3.21. The predicted molar refractivity (Wildman–Crippen MR) is 59.8 cm³/mol. The highest BCUT2D eigenvalue weighted by Gasteiger charge is 2.41. The number of Topliss-reactive ketones (excluding diaryl/α,β-unsaturated/α-hetero) is 1. The van der Waals surface area contributed by atoms with E-state index < -0.39 is 0 Å². The van der Waals surface area contributed by atoms with Gasteiger partial charge in [-0.1, -0.05) is 25.7 Å². The maximum Gasteiger partial charge on any atom is 0.164 e. The summed E-state index contributed by atoms with van der Waals surface area (Å²) in [5, 5.41) is 0. The van der Waals surface area contributed by atoms with E-state index in [2.05, 4.69) is 0 Å². The van der Waals surface area contributed by atoms with Gasteiger partial charge in [0.2, 0.25) is 0 Å². The van der Waals surface area contributed by atoms with Crippen molar-refractivity contribution in [3.63, 3.8) is 0 Å². The topological polar surface area (TPSA) is 26.3 Å². The fraction of sp³-hybridized carbons (Fsp3) is 0.923. The van der Waals surface area contributed by atoms with Crippen molar-refractivity contribution in [3.8, 4) is 0 Å². The maximum absolute atomic E-state index is 12.2. The summed E-state index contributed by atoms with van der Waals surface area (Å²) in [6.45, 7) is 0. The van der Waals surface area contributed by atoms with Gasteiger partial charge >= 0.3 is 0 Å². The molecule has 2 rings (SSSR count). The molecule has 0 atom stereocenters. The number of ether oxygens (including phenoxy) is 1. The molecule has 0 aromatic heterocycles. The number of carbonyl (C=O) groups excluding carboxylic acids is 1. The minimum Gasteiger partial charge on any atom is -0.370 e. The van der Waals surface area contributed by atoms with Crippen LogP contribution >= 0.6 is 0 Å². The number of methoxy groups -OCH3 is 1. The van der Waals surface area contributed by atoms with Crippen LogP contribution in [0.5, 0.6) is 0 Å². The van der Waals surface area contributed by atoms with E-state index in [1.54, 1.807) is 7.11 Å². The summed E-state index contributed by atoms with van der Waals surface area (Å²) in [5.41, 5.74) is -0.386. The van der Waals surface area contributed by atoms with Crippen molar-refractivity contribution < 1.29 is 9.53 Å². The van der Waals surface area contributed by atoms with Crippen LogP contribution in [0.15, 0.2) is 0 Å². The van der Waals surface area contributed by atoms with Gasteiger partial charge in [-0.2, -0.15) is 0 Å². The lowest BCUT2D eigenvalue weighted by Crippen LogP contribution is -2.38. The molecule has 0 saturated heterocycles. The molecule has 0 bridgehead atoms. The molecule has 0 aliphatic heterocycles. The fourth-order valence-electron chi connectivity index (χ4n) is 3.21. The zero-order chi connectivity index (χ0) is 10.7. The number of carbonyl (C=O) groups is 1. The number of hydrogen-bond donors (Lipinski definition) is 0. The molecule has 0 spiro atoms. The molecule has 0 aromatic carbocycles. The van der Waals surface area contributed by atoms with Gasteiger partial charge in [-0.25, -0.2) is 0 Å². The molecule has 2 nitrogen and oxygen atoms in total. The second-order valence-corrected chi connectivity index (χ2v) is 5.18. The SMILES string of the molecule is COC1(C(=O)CC2CCCC2)CCCC1. The van der Waals surface area contributed by atoms with Crippen molar-refractivity contribution in [2.24, 2.45) is 5.92 Å². The molecule has 0 heterocycles. The second kappa shape index (κ2) is 4.65. The van der Waals surface area contributed by atoms with Gasteiger partial charge < -0.3 is 4.74 Å². The summed E-state index contributed by atoms with van der Waals surface area (Å²) < 4.78 is 5.52. The van der Waals surface area contributed by atoms with Crippen molar-refractivity contribution in [1.29, 1.82) is 0 Å². The highest BCUT2D eigenvalue weighted by molar-refractivity contribution is 5.87. The van der Waals surface area contributed by atoms with Crippen LogP contribution < -0.4 is 0 Å². The summed E-state index contributed by atoms with van der Waals surface area (Å²) in [4.78, 5) is 12.2. The zero-order valence-corrected chi connectivity index (χ0v) is 9.76. The van der Waals surface area contributed by atoms with Gasteiger partial charge in [-0.05, 0) is 31.6 Å². The summed E-state index contributed by atoms with van der Waals surface area (Å²) in [6.07, 6.45) is 10.1. The van der Waals surface area contributed by atoms with Gasteiger partial charge in [-0.15, -0.1) is 0 Å². The van der Waals surface area contributed by atoms with Gasteiger partial charge in [0.25, 0.3) is 0 Å². The summed E-state index contributed by atoms with van der Waals surface area (Å²) in [5.74, 6) is 1.04. The van der Waals surface area contributed by atoms with Gasteiger partial charge in [0.15, 0.2) is 5.78 Å². The Bertz CT molecular complexity index is 223. The molecule has 15 heavy (non-hydrogen) atoms. The van der Waals surface area contributed by atoms with E-state index in [1.807, 2.05) is 0 Å². The molecule has 2 aliphatic carbocycles. The molecule has 0 unspecified atom stereocenters. The van der Waals surface area contributed by atoms with Crippen LogP contribution in [-0.4, -0.2) is 18.5 Å². The van der Waals surface area contributed by atoms with E-state index >= 15 is 0 Å². The highest BCUT2D eigenvalue weighted by Crippen LogP contribution is 2.37. The first-order valence-electron chi connectivity index (χ1n) is 6.35. The third kappa shape index (κ3) is 2.25. The quantitative estimate of drug-likeness (QED) is 0.712. The minimum atomic E-state index is -0.386. The zero-order valence-electron chi connectivity index (χ0n) is 9.76. The molecule has 0 aromatic rings. The summed E-state index contributed by atoms with van der Waals surface area (Å²) in [7, 11) is 1.71. The highest BCUT2D eigenvalue weighted by atomic mass is 16.5. The van der Waals surface area contributed by atoms with Crippen LogP contribution in [0, 0.1) is 5.92 Å². The Morgan fingerprint density at radius 3 is 2.33 bits per heavy atom. The van der Waals surface area contributed by atoms with Crippen LogP contribution in [0.25, 0.3) is 0 Å². The van der Waals surface area contributed by atoms with Gasteiger partial charge in [0.05, 0.1) is 0 Å². The molecule has 2 saturated carbocycles. The average molecular weight is 210 g/mol. The van der Waals surface area contributed by atoms with Crippen molar-refractivity contribution in [2.45, 2.75) is 63.4 Å². The molecule has 2 heteroatoms. The van der Waals surface area contributed by atoms with Crippen molar-refractivity contribution in [3.05, 3.63) is 0 Å². The molecular formula is C13H22O2. The molecule has 0 amide bonds. The first kappa shape index (κ1) is 11.1. The van der Waals surface area contributed by atoms with Crippen LogP contribution in [-0.2, 0) is 9.53 Å². The lowest BCUT2D eigenvalue weighted by Gasteiger charge is -2.26. The van der Waals surface area contributed by atoms with Gasteiger partial charge in [0, 0.05) is 13.5 Å². The normalized spacial score (nSPS) is 25.9. The lowest BCUT2D eigenvalue weighted by atomic mass is 9.88. The third-order valence-corrected chi connectivity index (χ3v) is 4.26. The van der Waals surface area contributed by atoms with Crippen LogP contribution in [0.1, 0.15) is 57.8 Å². The van der Waals surface area contributed by atoms with Crippen LogP contribution in [0.4, 0.5) is 0 Å². The van der Waals surface area contributed by atoms with E-state index in [9.17, 15) is 4.79 Å². The van der Waals surface area contributed by atoms with Crippen LogP contribution in [0.2, 0.25) is 0 Å². The van der Waals surface area contributed by atoms with Crippen LogP contribution in [0.3, 0.4) is 0 Å². The average Bonchev–Trinajstić information content (AvgIpc) is 2.87. The lowest BCUT2D eigenvalue weighted by molar-refractivity contribution is -0.141. The minimum absolute atomic E-state index is 0.384. The smallest absolute Gasteiger partial charge is 0.164 e. The third-order valence-electron chi connectivity index (χ3n) is 4.26. The van der Waals surface area contributed by atoms with E-state index in [-0.39, 0.29) is 5.60 Å². The van der Waals surface area contributed by atoms with Crippen molar-refractivity contribution in [1.82, 2.24) is 0 Å². The van der Waals surface area contributed by atoms with E-state index in [0.29, 0.717) is 11.7 Å². The largest absolute Gasteiger partial charge is 0.370 e. The Balaban J connectivity index is 1.92. The van der Waals surface area contributed by atoms with Gasteiger partial charge in [0.1, 0.15) is 5.60 Å². The molecule has 2 fully saturated rings. The Labute approximate surface area is 92.4 Å². The number of ketones is 1. The second-order valence-electron chi connectivity index (χ2n) is 5.18. The molecule has 0 N–H and O–H groups in total. The summed E-state index contributed by atoms with van der Waals surface area (Å²) in [6, 6.07) is 0. The first-order valence-corrected chi connectivity index (χ1v) is 6.35. The van der Waals surface area contributed by atoms with Gasteiger partial charge in [-0.3, -0.25) is 4.79 Å². The Morgan fingerprint density at radius 2 is 1.80 bits per heavy atom. The summed E-state index contributed by atoms with van der Waals surface area (Å²) >= 11 is 0. The molecule has 2 aliphatic rings. The van der Waals surface area contributed by atoms with E-state index in [1.165, 1.54) is 25.7 Å². The maximum atomic E-state index is 12.2. The molecular weight excluding hydrogens is 188 g/mol. The monoisotopic (exact) mass is 210 g/mol. The van der Waals surface area contributed by atoms with Crippen molar-refractivity contribution >= 4 is 5.78 Å². The Kier molecular flexibility index (Phi) is 3.45. The van der Waals surface area contributed by atoms with Crippen molar-refractivity contribution in [2.75, 3.05) is 7.11 Å².